The highest BCUT2D eigenvalue weighted by molar-refractivity contribution is 7.80. The maximum absolute atomic E-state index is 12.7. The first kappa shape index (κ1) is 32.6. The van der Waals surface area contributed by atoms with Gasteiger partial charge in [0.05, 0.1) is 41.6 Å². The number of allylic oxidation sites excluding steroid dienone is 1. The monoisotopic (exact) mass is 656 g/mol. The molecule has 0 saturated carbocycles. The van der Waals surface area contributed by atoms with Gasteiger partial charge in [-0.25, -0.2) is 10.2 Å². The summed E-state index contributed by atoms with van der Waals surface area (Å²) in [6, 6.07) is 16.9. The summed E-state index contributed by atoms with van der Waals surface area (Å²) in [5, 5.41) is 11.3. The van der Waals surface area contributed by atoms with E-state index in [0.29, 0.717) is 54.8 Å². The van der Waals surface area contributed by atoms with Gasteiger partial charge in [-0.05, 0) is 73.6 Å². The van der Waals surface area contributed by atoms with Gasteiger partial charge in [-0.3, -0.25) is 4.79 Å². The lowest BCUT2D eigenvalue weighted by Crippen LogP contribution is -2.45. The lowest BCUT2D eigenvalue weighted by Gasteiger charge is -2.30. The van der Waals surface area contributed by atoms with Crippen LogP contribution < -0.4 is 30.3 Å². The van der Waals surface area contributed by atoms with E-state index in [4.69, 9.17) is 54.4 Å². The number of para-hydroxylation sites is 1. The number of rotatable bonds is 12. The number of hydrazone groups is 1. The number of thiocarbonyl (C=S) groups is 1. The van der Waals surface area contributed by atoms with Gasteiger partial charge in [0.15, 0.2) is 23.2 Å². The Hall–Kier alpha value is -4.32. The Labute approximate surface area is 270 Å². The van der Waals surface area contributed by atoms with Crippen molar-refractivity contribution in [3.63, 3.8) is 0 Å². The van der Waals surface area contributed by atoms with Gasteiger partial charge in [0.1, 0.15) is 12.4 Å². The van der Waals surface area contributed by atoms with Crippen molar-refractivity contribution in [3.05, 3.63) is 98.7 Å². The highest BCUT2D eigenvalue weighted by Gasteiger charge is 2.32. The molecule has 0 bridgehead atoms. The molecule has 3 N–H and O–H groups in total. The zero-order valence-electron chi connectivity index (χ0n) is 24.1. The maximum Gasteiger partial charge on any atom is 0.338 e. The molecule has 1 atom stereocenters. The van der Waals surface area contributed by atoms with E-state index in [-0.39, 0.29) is 19.8 Å². The number of benzene rings is 3. The second-order valence-electron chi connectivity index (χ2n) is 9.36. The summed E-state index contributed by atoms with van der Waals surface area (Å²) < 4.78 is 22.4. The molecule has 0 radical (unpaired) electrons. The Morgan fingerprint density at radius 3 is 2.57 bits per heavy atom. The number of carbonyl (C=O) groups excluding carboxylic acids is 2. The summed E-state index contributed by atoms with van der Waals surface area (Å²) in [5.74, 6) is 0.423. The molecular formula is C31H30Cl2N4O6S. The van der Waals surface area contributed by atoms with Crippen molar-refractivity contribution in [3.8, 4) is 17.2 Å². The van der Waals surface area contributed by atoms with Crippen molar-refractivity contribution < 1.29 is 28.5 Å². The molecule has 13 heteroatoms. The molecule has 1 aliphatic heterocycles. The number of carbonyl (C=O) groups is 2. The number of methoxy groups -OCH3 is 1. The summed E-state index contributed by atoms with van der Waals surface area (Å²) in [5.41, 5.74) is 5.51. The predicted molar refractivity (Wildman–Crippen MR) is 172 cm³/mol. The summed E-state index contributed by atoms with van der Waals surface area (Å²) in [6.07, 6.45) is 1.47. The minimum absolute atomic E-state index is 0.219. The predicted octanol–water partition coefficient (Wildman–Crippen LogP) is 5.47. The van der Waals surface area contributed by atoms with Crippen molar-refractivity contribution in [1.82, 2.24) is 16.1 Å². The molecule has 0 aromatic heterocycles. The first-order valence-electron chi connectivity index (χ1n) is 13.4. The second-order valence-corrected chi connectivity index (χ2v) is 10.6. The first-order valence-corrected chi connectivity index (χ1v) is 14.6. The smallest absolute Gasteiger partial charge is 0.338 e. The normalized spacial score (nSPS) is 14.5. The van der Waals surface area contributed by atoms with Crippen molar-refractivity contribution >= 4 is 58.6 Å². The van der Waals surface area contributed by atoms with Gasteiger partial charge in [-0.2, -0.15) is 5.10 Å². The molecule has 0 aliphatic carbocycles. The van der Waals surface area contributed by atoms with Crippen LogP contribution >= 0.6 is 35.4 Å². The lowest BCUT2D eigenvalue weighted by molar-refractivity contribution is -0.139. The summed E-state index contributed by atoms with van der Waals surface area (Å²) in [7, 11) is 1.53. The number of ether oxygens (including phenoxy) is 4. The fourth-order valence-electron chi connectivity index (χ4n) is 4.29. The van der Waals surface area contributed by atoms with Crippen LogP contribution in [0.1, 0.15) is 36.6 Å². The number of hydrogen-bond donors (Lipinski definition) is 3. The fraction of sp³-hybridized carbons (Fsp3) is 0.226. The van der Waals surface area contributed by atoms with Gasteiger partial charge in [0, 0.05) is 11.3 Å². The Balaban J connectivity index is 1.37. The highest BCUT2D eigenvalue weighted by Crippen LogP contribution is 2.34. The van der Waals surface area contributed by atoms with Crippen LogP contribution in [0.15, 0.2) is 77.0 Å². The molecule has 0 saturated heterocycles. The third kappa shape index (κ3) is 8.40. The average molecular weight is 658 g/mol. The zero-order valence-corrected chi connectivity index (χ0v) is 26.4. The van der Waals surface area contributed by atoms with Crippen LogP contribution in [0, 0.1) is 0 Å². The van der Waals surface area contributed by atoms with Crippen LogP contribution in [0.5, 0.6) is 17.2 Å². The van der Waals surface area contributed by atoms with E-state index >= 15 is 0 Å². The standard InChI is InChI=1S/C31H30Cl2N4O6S/c1-4-41-30(39)28-18(2)35-31(44)36-29(28)21-7-5-6-8-24(21)43-17-27(38)37-34-15-19-10-12-25(26(14-19)40-3)42-16-20-9-11-22(32)23(33)13-20/h5-15,29H,4,16-17H2,1-3H3,(H,37,38)(H2,35,36,44)/t29-/m0/s1. The van der Waals surface area contributed by atoms with Gasteiger partial charge in [0.2, 0.25) is 0 Å². The Bertz CT molecular complexity index is 1610. The fourth-order valence-corrected chi connectivity index (χ4v) is 4.88. The van der Waals surface area contributed by atoms with Gasteiger partial charge in [-0.15, -0.1) is 0 Å². The van der Waals surface area contributed by atoms with Gasteiger partial charge in [0.25, 0.3) is 5.91 Å². The molecule has 0 unspecified atom stereocenters. The number of hydrogen-bond acceptors (Lipinski definition) is 8. The molecule has 1 amide bonds. The van der Waals surface area contributed by atoms with Crippen LogP contribution in [0.3, 0.4) is 0 Å². The summed E-state index contributed by atoms with van der Waals surface area (Å²) in [4.78, 5) is 25.3. The van der Waals surface area contributed by atoms with Gasteiger partial charge >= 0.3 is 5.97 Å². The first-order chi connectivity index (χ1) is 21.2. The van der Waals surface area contributed by atoms with Crippen LogP contribution in [0.2, 0.25) is 10.0 Å². The molecule has 1 heterocycles. The van der Waals surface area contributed by atoms with Crippen LogP contribution in [0.4, 0.5) is 0 Å². The minimum Gasteiger partial charge on any atom is -0.493 e. The Kier molecular flexibility index (Phi) is 11.4. The third-order valence-corrected chi connectivity index (χ3v) is 7.28. The topological polar surface area (TPSA) is 120 Å². The lowest BCUT2D eigenvalue weighted by atomic mass is 9.95. The second kappa shape index (κ2) is 15.4. The zero-order chi connectivity index (χ0) is 31.6. The van der Waals surface area contributed by atoms with Crippen molar-refractivity contribution in [2.24, 2.45) is 5.10 Å². The summed E-state index contributed by atoms with van der Waals surface area (Å²) >= 11 is 17.4. The van der Waals surface area contributed by atoms with Crippen LogP contribution in [0.25, 0.3) is 0 Å². The van der Waals surface area contributed by atoms with E-state index in [2.05, 4.69) is 21.2 Å². The quantitative estimate of drug-likeness (QED) is 0.101. The number of amides is 1. The van der Waals surface area contributed by atoms with E-state index in [1.54, 1.807) is 68.4 Å². The molecule has 0 fully saturated rings. The maximum atomic E-state index is 12.7. The highest BCUT2D eigenvalue weighted by atomic mass is 35.5. The third-order valence-electron chi connectivity index (χ3n) is 6.32. The molecule has 4 rings (SSSR count). The van der Waals surface area contributed by atoms with Crippen molar-refractivity contribution in [2.75, 3.05) is 20.3 Å². The Morgan fingerprint density at radius 2 is 1.82 bits per heavy atom. The van der Waals surface area contributed by atoms with Gasteiger partial charge < -0.3 is 29.6 Å². The molecule has 3 aromatic rings. The molecule has 3 aromatic carbocycles. The average Bonchev–Trinajstić information content (AvgIpc) is 3.00. The molecule has 1 aliphatic rings. The van der Waals surface area contributed by atoms with E-state index in [9.17, 15) is 9.59 Å². The molecule has 10 nitrogen and oxygen atoms in total. The molecular weight excluding hydrogens is 627 g/mol. The summed E-state index contributed by atoms with van der Waals surface area (Å²) in [6.45, 7) is 3.63. The van der Waals surface area contributed by atoms with Crippen molar-refractivity contribution in [2.45, 2.75) is 26.5 Å². The number of nitrogens with one attached hydrogen (secondary N) is 3. The van der Waals surface area contributed by atoms with Crippen LogP contribution in [-0.2, 0) is 20.9 Å². The van der Waals surface area contributed by atoms with E-state index < -0.39 is 17.9 Å². The SMILES string of the molecule is CCOC(=O)C1=C(C)NC(=S)N[C@H]1c1ccccc1OCC(=O)NN=Cc1ccc(OCc2ccc(Cl)c(Cl)c2)c(OC)c1. The van der Waals surface area contributed by atoms with E-state index in [0.717, 1.165) is 5.56 Å². The minimum atomic E-state index is -0.633. The van der Waals surface area contributed by atoms with Gasteiger partial charge in [-0.1, -0.05) is 47.5 Å². The number of nitrogens with zero attached hydrogens (tertiary/aromatic N) is 1. The van der Waals surface area contributed by atoms with Crippen molar-refractivity contribution in [1.29, 1.82) is 0 Å². The van der Waals surface area contributed by atoms with E-state index in [1.807, 2.05) is 6.07 Å². The molecule has 0 spiro atoms. The largest absolute Gasteiger partial charge is 0.493 e. The Morgan fingerprint density at radius 1 is 1.02 bits per heavy atom. The van der Waals surface area contributed by atoms with Crippen LogP contribution in [-0.4, -0.2) is 43.5 Å². The van der Waals surface area contributed by atoms with E-state index in [1.165, 1.54) is 13.3 Å². The molecule has 230 valence electrons. The molecule has 44 heavy (non-hydrogen) atoms. The number of halogens is 2. The number of esters is 1.